The first-order valence-electron chi connectivity index (χ1n) is 8.52. The van der Waals surface area contributed by atoms with E-state index in [1.54, 1.807) is 13.0 Å². The summed E-state index contributed by atoms with van der Waals surface area (Å²) in [5, 5.41) is 2.80. The Bertz CT molecular complexity index is 980. The van der Waals surface area contributed by atoms with Crippen LogP contribution in [0.3, 0.4) is 0 Å². The van der Waals surface area contributed by atoms with E-state index in [4.69, 9.17) is 10.2 Å². The molecular formula is C20H20N4O3. The fourth-order valence-corrected chi connectivity index (χ4v) is 2.69. The van der Waals surface area contributed by atoms with Gasteiger partial charge in [0.25, 0.3) is 11.8 Å². The third-order valence-electron chi connectivity index (χ3n) is 4.17. The fourth-order valence-electron chi connectivity index (χ4n) is 2.69. The number of aryl methyl sites for hydroxylation is 2. The van der Waals surface area contributed by atoms with Crippen LogP contribution in [0.1, 0.15) is 37.9 Å². The zero-order valence-electron chi connectivity index (χ0n) is 15.2. The van der Waals surface area contributed by atoms with Gasteiger partial charge in [0.1, 0.15) is 11.5 Å². The van der Waals surface area contributed by atoms with Crippen molar-refractivity contribution < 1.29 is 14.0 Å². The highest BCUT2D eigenvalue weighted by Gasteiger charge is 2.14. The number of primary amides is 1. The van der Waals surface area contributed by atoms with Crippen LogP contribution in [-0.2, 0) is 6.42 Å². The number of nitrogens with two attached hydrogens (primary N) is 1. The molecule has 3 aromatic rings. The van der Waals surface area contributed by atoms with E-state index in [-0.39, 0.29) is 11.6 Å². The maximum Gasteiger partial charge on any atom is 0.269 e. The molecule has 0 atom stereocenters. The summed E-state index contributed by atoms with van der Waals surface area (Å²) in [6, 6.07) is 11.2. The lowest BCUT2D eigenvalue weighted by Gasteiger charge is -2.06. The molecule has 7 heteroatoms. The fraction of sp³-hybridized carbons (Fsp3) is 0.200. The van der Waals surface area contributed by atoms with Gasteiger partial charge in [0.15, 0.2) is 0 Å². The number of carbonyl (C=O) groups is 2. The van der Waals surface area contributed by atoms with Gasteiger partial charge < -0.3 is 15.5 Å². The van der Waals surface area contributed by atoms with Gasteiger partial charge in [0, 0.05) is 24.7 Å². The molecule has 0 saturated carbocycles. The van der Waals surface area contributed by atoms with Gasteiger partial charge in [-0.1, -0.05) is 18.2 Å². The molecule has 0 aliphatic rings. The maximum atomic E-state index is 12.2. The minimum absolute atomic E-state index is 0.236. The molecule has 1 aromatic carbocycles. The number of amides is 2. The number of nitrogens with zero attached hydrogens (tertiary/aromatic N) is 2. The second kappa shape index (κ2) is 7.82. The molecule has 0 unspecified atom stereocenters. The Morgan fingerprint density at radius 3 is 2.59 bits per heavy atom. The Labute approximate surface area is 156 Å². The normalized spacial score (nSPS) is 10.6. The Morgan fingerprint density at radius 2 is 1.93 bits per heavy atom. The zero-order chi connectivity index (χ0) is 19.4. The highest BCUT2D eigenvalue weighted by Crippen LogP contribution is 2.21. The summed E-state index contributed by atoms with van der Waals surface area (Å²) in [4.78, 5) is 32.0. The van der Waals surface area contributed by atoms with E-state index < -0.39 is 5.91 Å². The van der Waals surface area contributed by atoms with E-state index in [1.165, 1.54) is 6.20 Å². The summed E-state index contributed by atoms with van der Waals surface area (Å²) in [6.45, 7) is 3.95. The third-order valence-corrected chi connectivity index (χ3v) is 4.17. The summed E-state index contributed by atoms with van der Waals surface area (Å²) in [5.74, 6) is 0.401. The molecule has 0 aliphatic carbocycles. The molecule has 7 nitrogen and oxygen atoms in total. The number of benzene rings is 1. The molecular weight excluding hydrogens is 344 g/mol. The maximum absolute atomic E-state index is 12.2. The Hall–Kier alpha value is -3.48. The van der Waals surface area contributed by atoms with E-state index >= 15 is 0 Å². The van der Waals surface area contributed by atoms with Crippen molar-refractivity contribution in [3.63, 3.8) is 0 Å². The first kappa shape index (κ1) is 18.3. The second-order valence-corrected chi connectivity index (χ2v) is 6.14. The largest absolute Gasteiger partial charge is 0.441 e. The zero-order valence-corrected chi connectivity index (χ0v) is 15.2. The van der Waals surface area contributed by atoms with Crippen LogP contribution in [-0.4, -0.2) is 28.3 Å². The second-order valence-electron chi connectivity index (χ2n) is 6.14. The number of hydrogen-bond acceptors (Lipinski definition) is 5. The van der Waals surface area contributed by atoms with Gasteiger partial charge in [-0.15, -0.1) is 0 Å². The van der Waals surface area contributed by atoms with E-state index in [9.17, 15) is 9.59 Å². The van der Waals surface area contributed by atoms with Crippen LogP contribution in [0.25, 0.3) is 11.5 Å². The van der Waals surface area contributed by atoms with E-state index in [0.29, 0.717) is 30.0 Å². The van der Waals surface area contributed by atoms with Crippen molar-refractivity contribution in [2.45, 2.75) is 20.3 Å². The lowest BCUT2D eigenvalue weighted by Crippen LogP contribution is -2.27. The van der Waals surface area contributed by atoms with Crippen LogP contribution in [0.4, 0.5) is 0 Å². The molecule has 2 aromatic heterocycles. The molecule has 0 fully saturated rings. The van der Waals surface area contributed by atoms with E-state index in [2.05, 4.69) is 15.3 Å². The van der Waals surface area contributed by atoms with Gasteiger partial charge in [-0.2, -0.15) is 0 Å². The molecule has 0 spiro atoms. The number of pyridine rings is 1. The van der Waals surface area contributed by atoms with Crippen molar-refractivity contribution >= 4 is 11.8 Å². The molecule has 0 saturated heterocycles. The van der Waals surface area contributed by atoms with Crippen molar-refractivity contribution in [1.82, 2.24) is 15.3 Å². The van der Waals surface area contributed by atoms with Crippen LogP contribution in [0.15, 0.2) is 47.0 Å². The van der Waals surface area contributed by atoms with Gasteiger partial charge in [-0.3, -0.25) is 14.6 Å². The Kier molecular flexibility index (Phi) is 5.30. The van der Waals surface area contributed by atoms with Crippen molar-refractivity contribution in [3.05, 3.63) is 70.9 Å². The molecule has 0 bridgehead atoms. The highest BCUT2D eigenvalue weighted by molar-refractivity contribution is 5.96. The quantitative estimate of drug-likeness (QED) is 0.698. The van der Waals surface area contributed by atoms with Crippen molar-refractivity contribution in [2.75, 3.05) is 6.54 Å². The lowest BCUT2D eigenvalue weighted by atomic mass is 10.1. The standard InChI is InChI=1S/C20H20N4O3/c1-12-10-17(23-11-15(12)18(21)25)19(26)22-9-8-16-13(2)27-20(24-16)14-6-4-3-5-7-14/h3-7,10-11H,8-9H2,1-2H3,(H2,21,25)(H,22,26). The minimum atomic E-state index is -0.567. The molecule has 0 radical (unpaired) electrons. The van der Waals surface area contributed by atoms with Crippen LogP contribution >= 0.6 is 0 Å². The van der Waals surface area contributed by atoms with Crippen LogP contribution in [0, 0.1) is 13.8 Å². The highest BCUT2D eigenvalue weighted by atomic mass is 16.4. The van der Waals surface area contributed by atoms with Crippen molar-refractivity contribution in [3.8, 4) is 11.5 Å². The molecule has 2 heterocycles. The SMILES string of the molecule is Cc1cc(C(=O)NCCc2nc(-c3ccccc3)oc2C)ncc1C(N)=O. The summed E-state index contributed by atoms with van der Waals surface area (Å²) in [5.41, 5.74) is 8.10. The van der Waals surface area contributed by atoms with Gasteiger partial charge in [0.05, 0.1) is 11.3 Å². The van der Waals surface area contributed by atoms with Crippen LogP contribution in [0.2, 0.25) is 0 Å². The third kappa shape index (κ3) is 4.20. The van der Waals surface area contributed by atoms with Crippen LogP contribution in [0.5, 0.6) is 0 Å². The molecule has 2 amide bonds. The number of carbonyl (C=O) groups excluding carboxylic acids is 2. The molecule has 3 rings (SSSR count). The predicted octanol–water partition coefficient (Wildman–Crippen LogP) is 2.42. The first-order valence-corrected chi connectivity index (χ1v) is 8.52. The molecule has 138 valence electrons. The summed E-state index contributed by atoms with van der Waals surface area (Å²) >= 11 is 0. The predicted molar refractivity (Wildman–Crippen MR) is 100 cm³/mol. The molecule has 3 N–H and O–H groups in total. The average molecular weight is 364 g/mol. The van der Waals surface area contributed by atoms with E-state index in [1.807, 2.05) is 37.3 Å². The smallest absolute Gasteiger partial charge is 0.269 e. The average Bonchev–Trinajstić information content (AvgIpc) is 3.03. The van der Waals surface area contributed by atoms with Gasteiger partial charge in [0.2, 0.25) is 5.89 Å². The van der Waals surface area contributed by atoms with Gasteiger partial charge >= 0.3 is 0 Å². The topological polar surface area (TPSA) is 111 Å². The molecule has 0 aliphatic heterocycles. The summed E-state index contributed by atoms with van der Waals surface area (Å²) in [7, 11) is 0. The minimum Gasteiger partial charge on any atom is -0.441 e. The van der Waals surface area contributed by atoms with Gasteiger partial charge in [-0.05, 0) is 37.6 Å². The van der Waals surface area contributed by atoms with Crippen molar-refractivity contribution in [1.29, 1.82) is 0 Å². The first-order chi connectivity index (χ1) is 13.0. The van der Waals surface area contributed by atoms with Crippen molar-refractivity contribution in [2.24, 2.45) is 5.73 Å². The number of oxazole rings is 1. The summed E-state index contributed by atoms with van der Waals surface area (Å²) in [6.07, 6.45) is 1.85. The Morgan fingerprint density at radius 1 is 1.19 bits per heavy atom. The number of aromatic nitrogens is 2. The lowest BCUT2D eigenvalue weighted by molar-refractivity contribution is 0.0945. The number of rotatable bonds is 6. The number of nitrogens with one attached hydrogen (secondary N) is 1. The van der Waals surface area contributed by atoms with Crippen LogP contribution < -0.4 is 11.1 Å². The number of hydrogen-bond donors (Lipinski definition) is 2. The Balaban J connectivity index is 1.61. The summed E-state index contributed by atoms with van der Waals surface area (Å²) < 4.78 is 5.71. The molecule has 27 heavy (non-hydrogen) atoms. The van der Waals surface area contributed by atoms with Gasteiger partial charge in [-0.25, -0.2) is 4.98 Å². The van der Waals surface area contributed by atoms with E-state index in [0.717, 1.165) is 17.0 Å². The monoisotopic (exact) mass is 364 g/mol.